The molecule has 1 saturated heterocycles. The third-order valence-corrected chi connectivity index (χ3v) is 4.77. The average Bonchev–Trinajstić information content (AvgIpc) is 2.34. The first-order valence-corrected chi connectivity index (χ1v) is 7.13. The second kappa shape index (κ2) is 5.40. The van der Waals surface area contributed by atoms with Crippen LogP contribution in [-0.4, -0.2) is 25.7 Å². The van der Waals surface area contributed by atoms with Crippen molar-refractivity contribution in [2.24, 2.45) is 5.92 Å². The molecule has 1 aromatic carbocycles. The molecule has 94 valence electrons. The van der Waals surface area contributed by atoms with Crippen LogP contribution in [0.2, 0.25) is 0 Å². The smallest absolute Gasteiger partial charge is 0.0513 e. The zero-order valence-corrected chi connectivity index (χ0v) is 12.4. The zero-order chi connectivity index (χ0) is 12.4. The lowest BCUT2D eigenvalue weighted by molar-refractivity contribution is 0.282. The first kappa shape index (κ1) is 12.9. The number of halogens is 1. The van der Waals surface area contributed by atoms with E-state index in [0.717, 1.165) is 6.54 Å². The maximum atomic E-state index is 3.65. The summed E-state index contributed by atoms with van der Waals surface area (Å²) >= 11 is 3.65. The lowest BCUT2D eigenvalue weighted by Crippen LogP contribution is -2.52. The summed E-state index contributed by atoms with van der Waals surface area (Å²) in [5, 5.41) is 3.43. The van der Waals surface area contributed by atoms with Gasteiger partial charge in [0.1, 0.15) is 0 Å². The Hall–Kier alpha value is -0.540. The second-order valence-electron chi connectivity index (χ2n) is 4.93. The summed E-state index contributed by atoms with van der Waals surface area (Å²) in [7, 11) is 2.07. The van der Waals surface area contributed by atoms with E-state index in [1.54, 1.807) is 0 Å². The molecule has 1 aliphatic rings. The number of rotatable bonds is 2. The van der Waals surface area contributed by atoms with E-state index in [1.807, 2.05) is 0 Å². The number of benzene rings is 1. The van der Waals surface area contributed by atoms with Crippen molar-refractivity contribution >= 4 is 21.6 Å². The Balaban J connectivity index is 2.21. The van der Waals surface area contributed by atoms with Gasteiger partial charge in [-0.1, -0.05) is 19.1 Å². The fourth-order valence-electron chi connectivity index (χ4n) is 2.80. The van der Waals surface area contributed by atoms with Crippen molar-refractivity contribution in [2.45, 2.75) is 32.4 Å². The van der Waals surface area contributed by atoms with E-state index < -0.39 is 0 Å². The van der Waals surface area contributed by atoms with Crippen molar-refractivity contribution in [3.63, 3.8) is 0 Å². The number of anilines is 1. The Kier molecular flexibility index (Phi) is 4.10. The normalized spacial score (nSPS) is 29.4. The molecule has 1 heterocycles. The SMILES string of the molecule is CNC1CCN(c2ccccc2Br)C(C)C1C. The fourth-order valence-corrected chi connectivity index (χ4v) is 3.31. The predicted octanol–water partition coefficient (Wildman–Crippen LogP) is 3.27. The molecule has 0 radical (unpaired) electrons. The monoisotopic (exact) mass is 296 g/mol. The van der Waals surface area contributed by atoms with Gasteiger partial charge in [0.05, 0.1) is 5.69 Å². The maximum absolute atomic E-state index is 3.65. The quantitative estimate of drug-likeness (QED) is 0.901. The average molecular weight is 297 g/mol. The molecule has 0 saturated carbocycles. The van der Waals surface area contributed by atoms with E-state index in [2.05, 4.69) is 71.3 Å². The molecule has 17 heavy (non-hydrogen) atoms. The molecule has 1 fully saturated rings. The molecule has 0 aromatic heterocycles. The van der Waals surface area contributed by atoms with Crippen molar-refractivity contribution in [2.75, 3.05) is 18.5 Å². The van der Waals surface area contributed by atoms with Gasteiger partial charge in [-0.05, 0) is 54.4 Å². The number of hydrogen-bond acceptors (Lipinski definition) is 2. The molecule has 0 aliphatic carbocycles. The maximum Gasteiger partial charge on any atom is 0.0513 e. The minimum absolute atomic E-state index is 0.569. The van der Waals surface area contributed by atoms with Gasteiger partial charge in [0.2, 0.25) is 0 Å². The molecule has 3 atom stereocenters. The molecule has 3 heteroatoms. The molecule has 0 spiro atoms. The molecule has 1 N–H and O–H groups in total. The molecular weight excluding hydrogens is 276 g/mol. The van der Waals surface area contributed by atoms with Crippen molar-refractivity contribution in [1.82, 2.24) is 5.32 Å². The molecular formula is C14H21BrN2. The van der Waals surface area contributed by atoms with Gasteiger partial charge in [0, 0.05) is 23.1 Å². The third kappa shape index (κ3) is 2.50. The highest BCUT2D eigenvalue weighted by Crippen LogP contribution is 2.33. The first-order valence-electron chi connectivity index (χ1n) is 6.33. The Bertz CT molecular complexity index is 380. The van der Waals surface area contributed by atoms with Gasteiger partial charge >= 0.3 is 0 Å². The second-order valence-corrected chi connectivity index (χ2v) is 5.78. The van der Waals surface area contributed by atoms with Crippen LogP contribution in [0.25, 0.3) is 0 Å². The lowest BCUT2D eigenvalue weighted by atomic mass is 9.87. The largest absolute Gasteiger partial charge is 0.368 e. The molecule has 0 bridgehead atoms. The Morgan fingerprint density at radius 1 is 1.29 bits per heavy atom. The molecule has 2 rings (SSSR count). The van der Waals surface area contributed by atoms with E-state index in [4.69, 9.17) is 0 Å². The number of nitrogens with one attached hydrogen (secondary N) is 1. The van der Waals surface area contributed by atoms with Crippen LogP contribution in [0.3, 0.4) is 0 Å². The third-order valence-electron chi connectivity index (χ3n) is 4.10. The van der Waals surface area contributed by atoms with E-state index in [0.29, 0.717) is 18.0 Å². The molecule has 3 unspecified atom stereocenters. The summed E-state index contributed by atoms with van der Waals surface area (Å²) in [6.45, 7) is 5.79. The van der Waals surface area contributed by atoms with Crippen molar-refractivity contribution in [3.8, 4) is 0 Å². The van der Waals surface area contributed by atoms with Crippen molar-refractivity contribution in [1.29, 1.82) is 0 Å². The summed E-state index contributed by atoms with van der Waals surface area (Å²) in [6.07, 6.45) is 1.21. The van der Waals surface area contributed by atoms with Gasteiger partial charge in [0.25, 0.3) is 0 Å². The van der Waals surface area contributed by atoms with E-state index in [-0.39, 0.29) is 0 Å². The fraction of sp³-hybridized carbons (Fsp3) is 0.571. The Morgan fingerprint density at radius 2 is 2.00 bits per heavy atom. The Labute approximate surface area is 113 Å². The number of nitrogens with zero attached hydrogens (tertiary/aromatic N) is 1. The first-order chi connectivity index (χ1) is 8.15. The highest BCUT2D eigenvalue weighted by molar-refractivity contribution is 9.10. The highest BCUT2D eigenvalue weighted by atomic mass is 79.9. The van der Waals surface area contributed by atoms with Gasteiger partial charge in [-0.25, -0.2) is 0 Å². The number of hydrogen-bond donors (Lipinski definition) is 1. The number of para-hydroxylation sites is 1. The molecule has 1 aliphatic heterocycles. The van der Waals surface area contributed by atoms with Crippen LogP contribution < -0.4 is 10.2 Å². The summed E-state index contributed by atoms with van der Waals surface area (Å²) < 4.78 is 1.20. The molecule has 1 aromatic rings. The van der Waals surface area contributed by atoms with Gasteiger partial charge in [-0.3, -0.25) is 0 Å². The van der Waals surface area contributed by atoms with Crippen LogP contribution in [0.5, 0.6) is 0 Å². The summed E-state index contributed by atoms with van der Waals surface area (Å²) in [5.41, 5.74) is 1.32. The van der Waals surface area contributed by atoms with Crippen LogP contribution in [0, 0.1) is 5.92 Å². The van der Waals surface area contributed by atoms with Crippen molar-refractivity contribution in [3.05, 3.63) is 28.7 Å². The van der Waals surface area contributed by atoms with Crippen LogP contribution in [0.15, 0.2) is 28.7 Å². The van der Waals surface area contributed by atoms with Crippen molar-refractivity contribution < 1.29 is 0 Å². The van der Waals surface area contributed by atoms with E-state index in [1.165, 1.54) is 16.6 Å². The van der Waals surface area contributed by atoms with Gasteiger partial charge in [0.15, 0.2) is 0 Å². The Morgan fingerprint density at radius 3 is 2.65 bits per heavy atom. The van der Waals surface area contributed by atoms with Crippen LogP contribution in [-0.2, 0) is 0 Å². The summed E-state index contributed by atoms with van der Waals surface area (Å²) in [5.74, 6) is 0.667. The number of piperidine rings is 1. The van der Waals surface area contributed by atoms with Gasteiger partial charge < -0.3 is 10.2 Å². The van der Waals surface area contributed by atoms with Gasteiger partial charge in [-0.2, -0.15) is 0 Å². The summed E-state index contributed by atoms with van der Waals surface area (Å²) in [4.78, 5) is 2.52. The topological polar surface area (TPSA) is 15.3 Å². The van der Waals surface area contributed by atoms with E-state index in [9.17, 15) is 0 Å². The van der Waals surface area contributed by atoms with Crippen LogP contribution in [0.4, 0.5) is 5.69 Å². The highest BCUT2D eigenvalue weighted by Gasteiger charge is 2.32. The lowest BCUT2D eigenvalue weighted by Gasteiger charge is -2.44. The van der Waals surface area contributed by atoms with E-state index >= 15 is 0 Å². The van der Waals surface area contributed by atoms with Crippen LogP contribution in [0.1, 0.15) is 20.3 Å². The molecule has 2 nitrogen and oxygen atoms in total. The zero-order valence-electron chi connectivity index (χ0n) is 10.8. The predicted molar refractivity (Wildman–Crippen MR) is 77.6 cm³/mol. The minimum Gasteiger partial charge on any atom is -0.368 e. The van der Waals surface area contributed by atoms with Gasteiger partial charge in [-0.15, -0.1) is 0 Å². The van der Waals surface area contributed by atoms with Crippen LogP contribution >= 0.6 is 15.9 Å². The summed E-state index contributed by atoms with van der Waals surface area (Å²) in [6, 6.07) is 9.72. The standard InChI is InChI=1S/C14H21BrN2/c1-10-11(2)17(9-8-13(10)16-3)14-7-5-4-6-12(14)15/h4-7,10-11,13,16H,8-9H2,1-3H3. The molecule has 0 amide bonds. The minimum atomic E-state index is 0.569.